The zero-order chi connectivity index (χ0) is 14.5. The molecule has 1 atom stereocenters. The van der Waals surface area contributed by atoms with Gasteiger partial charge in [0.15, 0.2) is 0 Å². The van der Waals surface area contributed by atoms with Gasteiger partial charge in [-0.05, 0) is 25.1 Å². The summed E-state index contributed by atoms with van der Waals surface area (Å²) in [6.07, 6.45) is 1.04. The number of ether oxygens (including phenoxy) is 1. The van der Waals surface area contributed by atoms with Crippen LogP contribution in [0.2, 0.25) is 0 Å². The third-order valence-electron chi connectivity index (χ3n) is 3.88. The fourth-order valence-electron chi connectivity index (χ4n) is 2.49. The number of benzene rings is 1. The van der Waals surface area contributed by atoms with E-state index in [1.165, 1.54) is 0 Å². The van der Waals surface area contributed by atoms with E-state index >= 15 is 0 Å². The summed E-state index contributed by atoms with van der Waals surface area (Å²) in [5, 5.41) is 2.91. The quantitative estimate of drug-likeness (QED) is 0.918. The van der Waals surface area contributed by atoms with E-state index in [9.17, 15) is 4.79 Å². The van der Waals surface area contributed by atoms with Gasteiger partial charge in [-0.3, -0.25) is 0 Å². The Morgan fingerprint density at radius 1 is 1.55 bits per heavy atom. The van der Waals surface area contributed by atoms with Crippen molar-refractivity contribution in [1.82, 2.24) is 9.80 Å². The second-order valence-corrected chi connectivity index (χ2v) is 5.11. The first-order valence-corrected chi connectivity index (χ1v) is 7.04. The number of urea groups is 1. The number of amides is 2. The lowest BCUT2D eigenvalue weighted by molar-refractivity contribution is 0.203. The number of rotatable bonds is 4. The van der Waals surface area contributed by atoms with E-state index in [4.69, 9.17) is 4.74 Å². The predicted octanol–water partition coefficient (Wildman–Crippen LogP) is 2.25. The highest BCUT2D eigenvalue weighted by atomic mass is 16.5. The van der Waals surface area contributed by atoms with Gasteiger partial charge < -0.3 is 19.9 Å². The van der Waals surface area contributed by atoms with Gasteiger partial charge in [-0.2, -0.15) is 0 Å². The van der Waals surface area contributed by atoms with Gasteiger partial charge in [0.1, 0.15) is 5.75 Å². The summed E-state index contributed by atoms with van der Waals surface area (Å²) in [6, 6.07) is 7.62. The molecule has 0 radical (unpaired) electrons. The number of anilines is 1. The van der Waals surface area contributed by atoms with Crippen molar-refractivity contribution >= 4 is 11.7 Å². The number of carbonyl (C=O) groups is 1. The zero-order valence-electron chi connectivity index (χ0n) is 12.4. The van der Waals surface area contributed by atoms with E-state index in [0.717, 1.165) is 37.5 Å². The van der Waals surface area contributed by atoms with Crippen LogP contribution in [0.4, 0.5) is 10.5 Å². The minimum absolute atomic E-state index is 0.0683. The lowest BCUT2D eigenvalue weighted by atomic mass is 10.2. The number of carbonyl (C=O) groups excluding carboxylic acids is 1. The molecular weight excluding hydrogens is 254 g/mol. The summed E-state index contributed by atoms with van der Waals surface area (Å²) in [5.41, 5.74) is 0.756. The molecule has 1 unspecified atom stereocenters. The van der Waals surface area contributed by atoms with Crippen molar-refractivity contribution in [3.05, 3.63) is 24.3 Å². The first-order valence-electron chi connectivity index (χ1n) is 7.04. The molecule has 0 saturated carbocycles. The number of nitrogens with one attached hydrogen (secondary N) is 1. The van der Waals surface area contributed by atoms with Gasteiger partial charge in [0.25, 0.3) is 0 Å². The minimum atomic E-state index is -0.0683. The molecule has 0 spiro atoms. The molecule has 1 aliphatic heterocycles. The molecule has 1 heterocycles. The van der Waals surface area contributed by atoms with E-state index in [1.807, 2.05) is 31.3 Å². The van der Waals surface area contributed by atoms with Gasteiger partial charge >= 0.3 is 6.03 Å². The Morgan fingerprint density at radius 3 is 3.00 bits per heavy atom. The molecule has 2 rings (SSSR count). The summed E-state index contributed by atoms with van der Waals surface area (Å²) in [4.78, 5) is 16.4. The zero-order valence-corrected chi connectivity index (χ0v) is 12.4. The van der Waals surface area contributed by atoms with Crippen LogP contribution in [0.15, 0.2) is 24.3 Å². The number of likely N-dealkylation sites (tertiary alicyclic amines) is 1. The number of likely N-dealkylation sites (N-methyl/N-ethyl adjacent to an activating group) is 2. The lowest BCUT2D eigenvalue weighted by Gasteiger charge is -2.25. The van der Waals surface area contributed by atoms with Crippen LogP contribution in [0, 0.1) is 0 Å². The van der Waals surface area contributed by atoms with Crippen LogP contribution in [0.5, 0.6) is 5.75 Å². The number of methoxy groups -OCH3 is 1. The van der Waals surface area contributed by atoms with Crippen molar-refractivity contribution in [3.63, 3.8) is 0 Å². The Hall–Kier alpha value is -1.75. The van der Waals surface area contributed by atoms with Gasteiger partial charge in [0.05, 0.1) is 7.11 Å². The molecule has 0 aromatic heterocycles. The normalized spacial score (nSPS) is 18.9. The maximum absolute atomic E-state index is 12.2. The summed E-state index contributed by atoms with van der Waals surface area (Å²) in [6.45, 7) is 5.22. The van der Waals surface area contributed by atoms with Crippen LogP contribution >= 0.6 is 0 Å². The maximum Gasteiger partial charge on any atom is 0.321 e. The first-order chi connectivity index (χ1) is 9.63. The van der Waals surface area contributed by atoms with E-state index in [2.05, 4.69) is 17.1 Å². The molecule has 1 aromatic carbocycles. The third kappa shape index (κ3) is 3.42. The summed E-state index contributed by atoms with van der Waals surface area (Å²) >= 11 is 0. The smallest absolute Gasteiger partial charge is 0.321 e. The average molecular weight is 277 g/mol. The highest BCUT2D eigenvalue weighted by molar-refractivity contribution is 5.89. The molecule has 0 bridgehead atoms. The second kappa shape index (κ2) is 6.61. The number of hydrogen-bond donors (Lipinski definition) is 1. The SMILES string of the molecule is CCN1CCC(N(C)C(=O)Nc2cccc(OC)c2)C1. The molecule has 5 heteroatoms. The van der Waals surface area contributed by atoms with Crippen LogP contribution in [0.25, 0.3) is 0 Å². The largest absolute Gasteiger partial charge is 0.497 e. The molecule has 110 valence electrons. The summed E-state index contributed by atoms with van der Waals surface area (Å²) in [7, 11) is 3.48. The Kier molecular flexibility index (Phi) is 4.84. The molecule has 1 saturated heterocycles. The maximum atomic E-state index is 12.2. The fourth-order valence-corrected chi connectivity index (χ4v) is 2.49. The average Bonchev–Trinajstić information content (AvgIpc) is 2.95. The Labute approximate surface area is 120 Å². The molecule has 5 nitrogen and oxygen atoms in total. The van der Waals surface area contributed by atoms with Crippen molar-refractivity contribution in [3.8, 4) is 5.75 Å². The van der Waals surface area contributed by atoms with E-state index in [0.29, 0.717) is 6.04 Å². The van der Waals surface area contributed by atoms with E-state index < -0.39 is 0 Å². The molecule has 1 aliphatic rings. The van der Waals surface area contributed by atoms with Crippen LogP contribution in [0.3, 0.4) is 0 Å². The standard InChI is InChI=1S/C15H23N3O2/c1-4-18-9-8-13(11-18)17(2)15(19)16-12-6-5-7-14(10-12)20-3/h5-7,10,13H,4,8-9,11H2,1-3H3,(H,16,19). The van der Waals surface area contributed by atoms with Gasteiger partial charge in [0, 0.05) is 37.9 Å². The van der Waals surface area contributed by atoms with Crippen LogP contribution in [0.1, 0.15) is 13.3 Å². The van der Waals surface area contributed by atoms with Crippen LogP contribution in [-0.4, -0.2) is 55.7 Å². The van der Waals surface area contributed by atoms with Crippen molar-refractivity contribution in [2.24, 2.45) is 0 Å². The molecule has 2 amide bonds. The number of nitrogens with zero attached hydrogens (tertiary/aromatic N) is 2. The van der Waals surface area contributed by atoms with Gasteiger partial charge in [-0.15, -0.1) is 0 Å². The Morgan fingerprint density at radius 2 is 2.35 bits per heavy atom. The summed E-state index contributed by atoms with van der Waals surface area (Å²) < 4.78 is 5.15. The molecule has 1 N–H and O–H groups in total. The van der Waals surface area contributed by atoms with Crippen molar-refractivity contribution in [2.75, 3.05) is 39.1 Å². The second-order valence-electron chi connectivity index (χ2n) is 5.11. The molecule has 1 fully saturated rings. The van der Waals surface area contributed by atoms with Crippen molar-refractivity contribution in [2.45, 2.75) is 19.4 Å². The predicted molar refractivity (Wildman–Crippen MR) is 80.3 cm³/mol. The van der Waals surface area contributed by atoms with Crippen molar-refractivity contribution < 1.29 is 9.53 Å². The third-order valence-corrected chi connectivity index (χ3v) is 3.88. The van der Waals surface area contributed by atoms with Crippen LogP contribution in [-0.2, 0) is 0 Å². The molecule has 1 aromatic rings. The van der Waals surface area contributed by atoms with Crippen molar-refractivity contribution in [1.29, 1.82) is 0 Å². The molecule has 0 aliphatic carbocycles. The minimum Gasteiger partial charge on any atom is -0.497 e. The molecule has 20 heavy (non-hydrogen) atoms. The molecular formula is C15H23N3O2. The van der Waals surface area contributed by atoms with Gasteiger partial charge in [-0.1, -0.05) is 13.0 Å². The van der Waals surface area contributed by atoms with E-state index in [-0.39, 0.29) is 6.03 Å². The van der Waals surface area contributed by atoms with Gasteiger partial charge in [-0.25, -0.2) is 4.79 Å². The number of hydrogen-bond acceptors (Lipinski definition) is 3. The van der Waals surface area contributed by atoms with Gasteiger partial charge in [0.2, 0.25) is 0 Å². The highest BCUT2D eigenvalue weighted by Crippen LogP contribution is 2.19. The first kappa shape index (κ1) is 14.7. The summed E-state index contributed by atoms with van der Waals surface area (Å²) in [5.74, 6) is 0.739. The monoisotopic (exact) mass is 277 g/mol. The Bertz CT molecular complexity index is 464. The topological polar surface area (TPSA) is 44.8 Å². The van der Waals surface area contributed by atoms with E-state index in [1.54, 1.807) is 12.0 Å². The van der Waals surface area contributed by atoms with Crippen LogP contribution < -0.4 is 10.1 Å². The lowest BCUT2D eigenvalue weighted by Crippen LogP contribution is -2.41. The fraction of sp³-hybridized carbons (Fsp3) is 0.533. The highest BCUT2D eigenvalue weighted by Gasteiger charge is 2.27. The Balaban J connectivity index is 1.94.